The number of rotatable bonds is 5. The van der Waals surface area contributed by atoms with Gasteiger partial charge in [0, 0.05) is 36.3 Å². The monoisotopic (exact) mass is 454 g/mol. The molecule has 1 aromatic heterocycles. The maximum Gasteiger partial charge on any atom is 0.407 e. The molecule has 1 aliphatic heterocycles. The Kier molecular flexibility index (Phi) is 6.30. The normalized spacial score (nSPS) is 21.8. The largest absolute Gasteiger partial charge is 0.465 e. The van der Waals surface area contributed by atoms with Crippen LogP contribution < -0.4 is 5.56 Å². The molecular formula is C25H30N2O6. The Bertz CT molecular complexity index is 1090. The number of piperidine rings is 1. The van der Waals surface area contributed by atoms with Crippen LogP contribution in [-0.4, -0.2) is 57.0 Å². The van der Waals surface area contributed by atoms with Crippen LogP contribution in [0.4, 0.5) is 4.79 Å². The number of nitrogens with zero attached hydrogens (tertiary/aromatic N) is 2. The quantitative estimate of drug-likeness (QED) is 0.671. The van der Waals surface area contributed by atoms with Crippen molar-refractivity contribution in [3.8, 4) is 11.1 Å². The molecule has 1 spiro atoms. The number of hydrogen-bond donors (Lipinski definition) is 2. The molecule has 1 saturated carbocycles. The first kappa shape index (κ1) is 23.0. The van der Waals surface area contributed by atoms with Crippen molar-refractivity contribution in [1.82, 2.24) is 9.47 Å². The Hall–Kier alpha value is -3.13. The van der Waals surface area contributed by atoms with Gasteiger partial charge in [0.15, 0.2) is 0 Å². The first-order chi connectivity index (χ1) is 15.8. The molecule has 176 valence electrons. The number of aromatic nitrogens is 1. The number of carboxylic acid groups (broad SMARTS) is 1. The highest BCUT2D eigenvalue weighted by molar-refractivity contribution is 5.96. The summed E-state index contributed by atoms with van der Waals surface area (Å²) in [6.07, 6.45) is 3.95. The molecular weight excluding hydrogens is 424 g/mol. The Balaban J connectivity index is 1.74. The zero-order valence-electron chi connectivity index (χ0n) is 18.8. The van der Waals surface area contributed by atoms with Crippen molar-refractivity contribution >= 4 is 12.1 Å². The van der Waals surface area contributed by atoms with Crippen molar-refractivity contribution in [1.29, 1.82) is 0 Å². The lowest BCUT2D eigenvalue weighted by molar-refractivity contribution is -0.137. The van der Waals surface area contributed by atoms with Gasteiger partial charge in [0.2, 0.25) is 0 Å². The van der Waals surface area contributed by atoms with Gasteiger partial charge in [-0.15, -0.1) is 0 Å². The van der Waals surface area contributed by atoms with Crippen molar-refractivity contribution in [3.63, 3.8) is 0 Å². The number of ether oxygens (including phenoxy) is 1. The van der Waals surface area contributed by atoms with Gasteiger partial charge in [0.25, 0.3) is 5.56 Å². The summed E-state index contributed by atoms with van der Waals surface area (Å²) < 4.78 is 6.63. The highest BCUT2D eigenvalue weighted by Gasteiger charge is 2.55. The van der Waals surface area contributed by atoms with E-state index < -0.39 is 23.1 Å². The van der Waals surface area contributed by atoms with Crippen LogP contribution in [-0.2, 0) is 11.3 Å². The molecule has 4 rings (SSSR count). The van der Waals surface area contributed by atoms with E-state index in [1.165, 1.54) is 21.7 Å². The van der Waals surface area contributed by atoms with E-state index in [4.69, 9.17) is 4.74 Å². The molecule has 2 N–H and O–H groups in total. The first-order valence-electron chi connectivity index (χ1n) is 11.5. The molecule has 2 aliphatic rings. The molecule has 1 saturated heterocycles. The van der Waals surface area contributed by atoms with Gasteiger partial charge in [0.1, 0.15) is 0 Å². The highest BCUT2D eigenvalue weighted by atomic mass is 16.5. The number of carbonyl (C=O) groups excluding carboxylic acids is 1. The Morgan fingerprint density at radius 2 is 1.82 bits per heavy atom. The SMILES string of the molecule is CCOC(=O)c1cn(C[C@]2(O)CCN(C(=O)O)CC23CCCC3)c(=O)cc1-c1ccccc1. The molecule has 33 heavy (non-hydrogen) atoms. The summed E-state index contributed by atoms with van der Waals surface area (Å²) in [7, 11) is 0. The van der Waals surface area contributed by atoms with Gasteiger partial charge in [0.05, 0.1) is 24.3 Å². The lowest BCUT2D eigenvalue weighted by Gasteiger charge is -2.51. The Morgan fingerprint density at radius 3 is 2.45 bits per heavy atom. The van der Waals surface area contributed by atoms with Gasteiger partial charge in [-0.1, -0.05) is 43.2 Å². The third-order valence-corrected chi connectivity index (χ3v) is 7.25. The zero-order chi connectivity index (χ0) is 23.6. The second-order valence-corrected chi connectivity index (χ2v) is 9.13. The molecule has 8 nitrogen and oxygen atoms in total. The van der Waals surface area contributed by atoms with E-state index >= 15 is 0 Å². The number of amides is 1. The minimum atomic E-state index is -1.25. The minimum absolute atomic E-state index is 0.000761. The average Bonchev–Trinajstić information content (AvgIpc) is 3.27. The fourth-order valence-corrected chi connectivity index (χ4v) is 5.47. The molecule has 0 bridgehead atoms. The number of pyridine rings is 1. The number of aliphatic hydroxyl groups is 1. The summed E-state index contributed by atoms with van der Waals surface area (Å²) in [5.74, 6) is -0.534. The molecule has 0 unspecified atom stereocenters. The average molecular weight is 455 g/mol. The summed E-state index contributed by atoms with van der Waals surface area (Å²) in [6.45, 7) is 2.37. The van der Waals surface area contributed by atoms with Crippen molar-refractivity contribution in [3.05, 3.63) is 58.5 Å². The number of likely N-dealkylation sites (tertiary alicyclic amines) is 1. The lowest BCUT2D eigenvalue weighted by atomic mass is 9.66. The number of carbonyl (C=O) groups is 2. The van der Waals surface area contributed by atoms with Gasteiger partial charge in [-0.2, -0.15) is 0 Å². The van der Waals surface area contributed by atoms with Gasteiger partial charge in [-0.3, -0.25) is 4.79 Å². The molecule has 1 aromatic carbocycles. The molecule has 8 heteroatoms. The van der Waals surface area contributed by atoms with Crippen LogP contribution in [0.15, 0.2) is 47.4 Å². The van der Waals surface area contributed by atoms with Gasteiger partial charge in [-0.25, -0.2) is 9.59 Å². The first-order valence-corrected chi connectivity index (χ1v) is 11.5. The van der Waals surface area contributed by atoms with Crippen molar-refractivity contribution in [2.45, 2.75) is 51.2 Å². The van der Waals surface area contributed by atoms with Crippen LogP contribution >= 0.6 is 0 Å². The van der Waals surface area contributed by atoms with Crippen molar-refractivity contribution < 1.29 is 24.5 Å². The van der Waals surface area contributed by atoms with E-state index in [9.17, 15) is 24.6 Å². The molecule has 2 fully saturated rings. The predicted molar refractivity (Wildman–Crippen MR) is 122 cm³/mol. The van der Waals surface area contributed by atoms with E-state index in [0.717, 1.165) is 18.4 Å². The fraction of sp³-hybridized carbons (Fsp3) is 0.480. The second kappa shape index (κ2) is 9.02. The van der Waals surface area contributed by atoms with E-state index in [1.54, 1.807) is 6.92 Å². The van der Waals surface area contributed by atoms with Gasteiger partial charge >= 0.3 is 12.1 Å². The topological polar surface area (TPSA) is 109 Å². The summed E-state index contributed by atoms with van der Waals surface area (Å²) in [6, 6.07) is 10.6. The molecule has 0 radical (unpaired) electrons. The molecule has 1 atom stereocenters. The van der Waals surface area contributed by atoms with E-state index in [-0.39, 0.29) is 43.8 Å². The Morgan fingerprint density at radius 1 is 1.12 bits per heavy atom. The molecule has 2 heterocycles. The number of esters is 1. The summed E-state index contributed by atoms with van der Waals surface area (Å²) >= 11 is 0. The number of hydrogen-bond acceptors (Lipinski definition) is 5. The molecule has 1 aliphatic carbocycles. The van der Waals surface area contributed by atoms with Crippen LogP contribution in [0.1, 0.15) is 49.4 Å². The van der Waals surface area contributed by atoms with E-state index in [2.05, 4.69) is 0 Å². The van der Waals surface area contributed by atoms with Crippen LogP contribution in [0.5, 0.6) is 0 Å². The van der Waals surface area contributed by atoms with Crippen molar-refractivity contribution in [2.24, 2.45) is 5.41 Å². The summed E-state index contributed by atoms with van der Waals surface area (Å²) in [5, 5.41) is 21.3. The maximum atomic E-state index is 13.1. The van der Waals surface area contributed by atoms with Crippen LogP contribution in [0.25, 0.3) is 11.1 Å². The minimum Gasteiger partial charge on any atom is -0.465 e. The standard InChI is InChI=1S/C25H30N2O6/c1-2-33-22(29)20-15-27(21(28)14-19(20)18-8-4-3-5-9-18)17-25(32)12-13-26(23(30)31)16-24(25)10-6-7-11-24/h3-5,8-9,14-15,32H,2,6-7,10-13,16-17H2,1H3,(H,30,31)/t25-/m1/s1. The van der Waals surface area contributed by atoms with Gasteiger partial charge in [-0.05, 0) is 31.7 Å². The fourth-order valence-electron chi connectivity index (χ4n) is 5.47. The highest BCUT2D eigenvalue weighted by Crippen LogP contribution is 2.51. The zero-order valence-corrected chi connectivity index (χ0v) is 18.8. The van der Waals surface area contributed by atoms with Crippen LogP contribution in [0, 0.1) is 5.41 Å². The van der Waals surface area contributed by atoms with E-state index in [1.807, 2.05) is 30.3 Å². The Labute approximate surface area is 192 Å². The second-order valence-electron chi connectivity index (χ2n) is 9.13. The van der Waals surface area contributed by atoms with E-state index in [0.29, 0.717) is 18.4 Å². The van der Waals surface area contributed by atoms with Crippen molar-refractivity contribution in [2.75, 3.05) is 19.7 Å². The third kappa shape index (κ3) is 4.27. The lowest BCUT2D eigenvalue weighted by Crippen LogP contribution is -2.62. The van der Waals surface area contributed by atoms with Crippen LogP contribution in [0.2, 0.25) is 0 Å². The van der Waals surface area contributed by atoms with Gasteiger partial charge < -0.3 is 24.4 Å². The molecule has 2 aromatic rings. The summed E-state index contributed by atoms with van der Waals surface area (Å²) in [5.41, 5.74) is -0.715. The maximum absolute atomic E-state index is 13.1. The predicted octanol–water partition coefficient (Wildman–Crippen LogP) is 3.37. The smallest absolute Gasteiger partial charge is 0.407 e. The third-order valence-electron chi connectivity index (χ3n) is 7.25. The number of benzene rings is 1. The van der Waals surface area contributed by atoms with Crippen LogP contribution in [0.3, 0.4) is 0 Å². The molecule has 1 amide bonds. The summed E-state index contributed by atoms with van der Waals surface area (Å²) in [4.78, 5) is 38.9.